The topological polar surface area (TPSA) is 110 Å². The lowest BCUT2D eigenvalue weighted by molar-refractivity contribution is 0.0803. The summed E-state index contributed by atoms with van der Waals surface area (Å²) in [5, 5.41) is 27.4. The number of halogens is 1. The predicted molar refractivity (Wildman–Crippen MR) is 148 cm³/mol. The van der Waals surface area contributed by atoms with Crippen molar-refractivity contribution in [2.24, 2.45) is 0 Å². The third-order valence-electron chi connectivity index (χ3n) is 7.59. The van der Waals surface area contributed by atoms with Gasteiger partial charge in [-0.2, -0.15) is 0 Å². The number of piperidine rings is 1. The van der Waals surface area contributed by atoms with E-state index in [-0.39, 0.29) is 18.1 Å². The minimum Gasteiger partial charge on any atom is -0.465 e. The normalized spacial score (nSPS) is 21.5. The molecule has 0 spiro atoms. The highest BCUT2D eigenvalue weighted by atomic mass is 79.9. The largest absolute Gasteiger partial charge is 0.465 e. The summed E-state index contributed by atoms with van der Waals surface area (Å²) in [6.07, 6.45) is 2.72. The maximum Gasteiger partial charge on any atom is 0.407 e. The number of nitrogens with zero attached hydrogens (tertiary/aromatic N) is 7. The van der Waals surface area contributed by atoms with Crippen LogP contribution in [0.25, 0.3) is 22.3 Å². The number of rotatable bonds is 8. The van der Waals surface area contributed by atoms with Crippen molar-refractivity contribution < 1.29 is 14.6 Å². The van der Waals surface area contributed by atoms with E-state index in [0.29, 0.717) is 13.3 Å². The second-order valence-electron chi connectivity index (χ2n) is 11.3. The zero-order valence-electron chi connectivity index (χ0n) is 21.8. The van der Waals surface area contributed by atoms with E-state index < -0.39 is 14.2 Å². The maximum absolute atomic E-state index is 11.6. The third kappa shape index (κ3) is 5.37. The number of hydrogen-bond donors (Lipinski definition) is 1. The number of hydrogen-bond acceptors (Lipinski definition) is 7. The molecular formula is C25H34BrN7O3Si. The molecule has 2 fully saturated rings. The minimum atomic E-state index is -1.17. The van der Waals surface area contributed by atoms with Gasteiger partial charge in [0.1, 0.15) is 17.8 Å². The molecule has 0 radical (unpaired) electrons. The molecule has 0 aliphatic carbocycles. The molecule has 5 rings (SSSR count). The van der Waals surface area contributed by atoms with Gasteiger partial charge in [-0.3, -0.25) is 0 Å². The van der Waals surface area contributed by atoms with E-state index in [1.54, 1.807) is 9.58 Å². The van der Waals surface area contributed by atoms with Crippen LogP contribution in [0.5, 0.6) is 0 Å². The highest BCUT2D eigenvalue weighted by molar-refractivity contribution is 9.10. The van der Waals surface area contributed by atoms with Gasteiger partial charge in [0.25, 0.3) is 0 Å². The molecule has 2 saturated heterocycles. The Labute approximate surface area is 226 Å². The van der Waals surface area contributed by atoms with Crippen LogP contribution in [-0.4, -0.2) is 81.1 Å². The van der Waals surface area contributed by atoms with E-state index in [4.69, 9.17) is 4.74 Å². The van der Waals surface area contributed by atoms with Gasteiger partial charge in [-0.15, -0.1) is 15.3 Å². The van der Waals surface area contributed by atoms with Crippen LogP contribution in [0.1, 0.15) is 25.7 Å². The Morgan fingerprint density at radius 2 is 1.86 bits per heavy atom. The van der Waals surface area contributed by atoms with Gasteiger partial charge >= 0.3 is 6.09 Å². The number of amides is 1. The van der Waals surface area contributed by atoms with Gasteiger partial charge in [-0.05, 0) is 71.9 Å². The van der Waals surface area contributed by atoms with Crippen LogP contribution in [0.3, 0.4) is 0 Å². The van der Waals surface area contributed by atoms with Gasteiger partial charge < -0.3 is 19.6 Å². The lowest BCUT2D eigenvalue weighted by Crippen LogP contribution is -2.51. The maximum atomic E-state index is 11.6. The first-order valence-corrected chi connectivity index (χ1v) is 17.3. The molecule has 4 heterocycles. The van der Waals surface area contributed by atoms with E-state index in [0.717, 1.165) is 64.3 Å². The average Bonchev–Trinajstić information content (AvgIpc) is 3.40. The fourth-order valence-corrected chi connectivity index (χ4v) is 6.66. The van der Waals surface area contributed by atoms with E-state index in [9.17, 15) is 9.90 Å². The molecule has 3 aromatic rings. The summed E-state index contributed by atoms with van der Waals surface area (Å²) in [7, 11) is 0.852. The van der Waals surface area contributed by atoms with Crippen molar-refractivity contribution in [1.82, 2.24) is 30.1 Å². The first kappa shape index (κ1) is 26.1. The summed E-state index contributed by atoms with van der Waals surface area (Å²) < 4.78 is 8.60. The second-order valence-corrected chi connectivity index (χ2v) is 17.8. The first-order valence-electron chi connectivity index (χ1n) is 12.8. The summed E-state index contributed by atoms with van der Waals surface area (Å²) >= 11 is 3.59. The Kier molecular flexibility index (Phi) is 7.25. The summed E-state index contributed by atoms with van der Waals surface area (Å²) in [4.78, 5) is 15.4. The molecular weight excluding hydrogens is 554 g/mol. The molecule has 2 bridgehead atoms. The monoisotopic (exact) mass is 587 g/mol. The van der Waals surface area contributed by atoms with Crippen molar-refractivity contribution in [3.63, 3.8) is 0 Å². The van der Waals surface area contributed by atoms with Crippen molar-refractivity contribution in [2.75, 3.05) is 18.6 Å². The fourth-order valence-electron chi connectivity index (χ4n) is 5.50. The lowest BCUT2D eigenvalue weighted by atomic mass is 9.96. The van der Waals surface area contributed by atoms with Gasteiger partial charge in [-0.1, -0.05) is 24.9 Å². The van der Waals surface area contributed by atoms with E-state index in [2.05, 4.69) is 61.0 Å². The summed E-state index contributed by atoms with van der Waals surface area (Å²) in [6.45, 7) is 8.03. The van der Waals surface area contributed by atoms with Gasteiger partial charge in [-0.25, -0.2) is 9.48 Å². The first-order chi connectivity index (χ1) is 17.6. The van der Waals surface area contributed by atoms with E-state index in [1.165, 1.54) is 0 Å². The number of aromatic nitrogens is 5. The molecule has 2 aliphatic rings. The molecule has 0 saturated carbocycles. The second kappa shape index (κ2) is 10.3. The molecule has 1 N–H and O–H groups in total. The minimum absolute atomic E-state index is 0.0905. The molecule has 198 valence electrons. The predicted octanol–water partition coefficient (Wildman–Crippen LogP) is 5.07. The Bertz CT molecular complexity index is 1270. The molecule has 3 atom stereocenters. The molecule has 1 unspecified atom stereocenters. The number of carboxylic acid groups (broad SMARTS) is 1. The molecule has 37 heavy (non-hydrogen) atoms. The SMILES string of the molecule is CN(c1ccc(-c2ccc(Br)c3nnn(COCC[Si](C)(C)C)c23)nn1)C1C[C@H]2CC[C@@H](C1)N2C(=O)O. The van der Waals surface area contributed by atoms with Crippen LogP contribution in [0.2, 0.25) is 25.7 Å². The zero-order valence-corrected chi connectivity index (χ0v) is 24.3. The number of anilines is 1. The Balaban J connectivity index is 1.34. The van der Waals surface area contributed by atoms with Crippen LogP contribution in [-0.2, 0) is 11.5 Å². The lowest BCUT2D eigenvalue weighted by Gasteiger charge is -2.41. The Morgan fingerprint density at radius 3 is 2.49 bits per heavy atom. The van der Waals surface area contributed by atoms with Crippen LogP contribution < -0.4 is 4.90 Å². The highest BCUT2D eigenvalue weighted by Crippen LogP contribution is 2.38. The van der Waals surface area contributed by atoms with Crippen LogP contribution in [0.4, 0.5) is 10.6 Å². The van der Waals surface area contributed by atoms with Crippen molar-refractivity contribution in [3.8, 4) is 11.3 Å². The van der Waals surface area contributed by atoms with Crippen molar-refractivity contribution >= 4 is 46.9 Å². The van der Waals surface area contributed by atoms with Gasteiger partial charge in [0.15, 0.2) is 5.82 Å². The molecule has 1 aromatic carbocycles. The van der Waals surface area contributed by atoms with Crippen molar-refractivity contribution in [1.29, 1.82) is 0 Å². The summed E-state index contributed by atoms with van der Waals surface area (Å²) in [6, 6.07) is 9.43. The molecule has 12 heteroatoms. The Morgan fingerprint density at radius 1 is 1.14 bits per heavy atom. The van der Waals surface area contributed by atoms with Gasteiger partial charge in [0.05, 0.1) is 5.69 Å². The summed E-state index contributed by atoms with van der Waals surface area (Å²) in [5.74, 6) is 0.784. The van der Waals surface area contributed by atoms with E-state index >= 15 is 0 Å². The molecule has 2 aliphatic heterocycles. The fraction of sp³-hybridized carbons (Fsp3) is 0.560. The smallest absolute Gasteiger partial charge is 0.407 e. The highest BCUT2D eigenvalue weighted by Gasteiger charge is 2.44. The van der Waals surface area contributed by atoms with E-state index in [1.807, 2.05) is 31.3 Å². The average molecular weight is 589 g/mol. The number of carbonyl (C=O) groups is 1. The zero-order chi connectivity index (χ0) is 26.3. The number of fused-ring (bicyclic) bond motifs is 3. The van der Waals surface area contributed by atoms with Crippen molar-refractivity contribution in [2.45, 2.75) is 76.2 Å². The van der Waals surface area contributed by atoms with Gasteiger partial charge in [0.2, 0.25) is 0 Å². The summed E-state index contributed by atoms with van der Waals surface area (Å²) in [5.41, 5.74) is 3.25. The molecule has 1 amide bonds. The standard InChI is InChI=1S/C25H34BrN7O3Si/c1-31(18-13-16-5-6-17(14-18)33(16)25(34)35)22-10-9-21(27-28-22)19-7-8-20(26)23-24(19)32(30-29-23)15-36-11-12-37(2,3)4/h7-10,16-18H,5-6,11-15H2,1-4H3,(H,34,35)/t16-,17+,18?. The Hall–Kier alpha value is -2.57. The molecule has 10 nitrogen and oxygen atoms in total. The molecule has 2 aromatic heterocycles. The number of ether oxygens (including phenoxy) is 1. The quantitative estimate of drug-likeness (QED) is 0.287. The number of benzene rings is 1. The van der Waals surface area contributed by atoms with Crippen LogP contribution in [0, 0.1) is 0 Å². The van der Waals surface area contributed by atoms with Crippen LogP contribution in [0.15, 0.2) is 28.7 Å². The van der Waals surface area contributed by atoms with Gasteiger partial charge in [0, 0.05) is 49.9 Å². The van der Waals surface area contributed by atoms with Crippen molar-refractivity contribution in [3.05, 3.63) is 28.7 Å². The van der Waals surface area contributed by atoms with Crippen LogP contribution >= 0.6 is 15.9 Å². The third-order valence-corrected chi connectivity index (χ3v) is 9.93.